The van der Waals surface area contributed by atoms with Crippen molar-refractivity contribution < 1.29 is 83.8 Å². The summed E-state index contributed by atoms with van der Waals surface area (Å²) in [7, 11) is -19.0. The van der Waals surface area contributed by atoms with E-state index in [1.807, 2.05) is 0 Å². The summed E-state index contributed by atoms with van der Waals surface area (Å²) in [6, 6.07) is 6.32. The largest absolute Gasteiger partial charge is 0.456 e. The molecule has 0 saturated carbocycles. The fourth-order valence-electron chi connectivity index (χ4n) is 11.4. The Morgan fingerprint density at radius 1 is 0.194 bits per heavy atom. The molecule has 0 atom stereocenters. The molecular weight excluding hydrogens is 1380 g/mol. The van der Waals surface area contributed by atoms with Gasteiger partial charge in [-0.3, -0.25) is 0 Å². The molecule has 30 heteroatoms. The van der Waals surface area contributed by atoms with Crippen LogP contribution in [0.5, 0.6) is 0 Å². The highest BCUT2D eigenvalue weighted by Crippen LogP contribution is 2.28. The quantitative estimate of drug-likeness (QED) is 0.0245. The molecule has 0 radical (unpaired) electrons. The minimum absolute atomic E-state index is 0.151. The van der Waals surface area contributed by atoms with Gasteiger partial charge in [0.2, 0.25) is 0 Å². The topological polar surface area (TPSA) is 232 Å². The van der Waals surface area contributed by atoms with E-state index in [1.165, 1.54) is 0 Å². The predicted molar refractivity (Wildman–Crippen MR) is 423 cm³/mol. The SMILES string of the molecule is C[Si](C)(C)O[Si](C)(C)CCCOCC(CO)(CO)COCCC[Si](C)(C)O[Si](C)(C)C.C[Si](C)(C)O[Si](C)(C)CCCOCC(CO)(CO)COCCC[Si](C)(C)O[Si](C)(C)C.C[Si](C)(C)O[Si](C)(C)CCCOCC(CO)(CO)COCCC[Si](C)(C)O[Si](C)(C)C. The standard InChI is InChI=1S/3C21H52O6Si4/c3*1-28(2,3)26-30(7,8)15-11-13-24-19-21(17-22,18-23)20-25-14-12-16-31(9,10)27-29(4,5)6/h3*22-23H,11-20H2,1-10H3. The minimum atomic E-state index is -1.66. The van der Waals surface area contributed by atoms with E-state index in [2.05, 4.69) is 196 Å². The zero-order valence-electron chi connectivity index (χ0n) is 66.3. The van der Waals surface area contributed by atoms with Crippen molar-refractivity contribution in [3.63, 3.8) is 0 Å². The van der Waals surface area contributed by atoms with Crippen LogP contribution in [0.15, 0.2) is 0 Å². The number of rotatable bonds is 54. The monoisotopic (exact) mass is 1540 g/mol. The van der Waals surface area contributed by atoms with Gasteiger partial charge in [0.1, 0.15) is 0 Å². The summed E-state index contributed by atoms with van der Waals surface area (Å²) in [6.45, 7) is 72.0. The number of hydrogen-bond donors (Lipinski definition) is 6. The van der Waals surface area contributed by atoms with Crippen LogP contribution in [0.25, 0.3) is 0 Å². The van der Waals surface area contributed by atoms with E-state index >= 15 is 0 Å². The Balaban J connectivity index is -0.00000131. The molecule has 564 valence electrons. The summed E-state index contributed by atoms with van der Waals surface area (Å²) >= 11 is 0. The zero-order chi connectivity index (χ0) is 73.2. The maximum Gasteiger partial charge on any atom is 0.173 e. The van der Waals surface area contributed by atoms with Gasteiger partial charge in [0.15, 0.2) is 99.8 Å². The number of ether oxygens (including phenoxy) is 6. The Hall–Kier alpha value is 1.88. The second kappa shape index (κ2) is 45.2. The Morgan fingerprint density at radius 3 is 0.387 bits per heavy atom. The molecule has 0 heterocycles. The van der Waals surface area contributed by atoms with Crippen molar-refractivity contribution in [1.29, 1.82) is 0 Å². The summed E-state index contributed by atoms with van der Waals surface area (Å²) in [6.07, 6.45) is 5.63. The third-order valence-electron chi connectivity index (χ3n) is 14.4. The molecule has 6 N–H and O–H groups in total. The first-order valence-electron chi connectivity index (χ1n) is 35.2. The summed E-state index contributed by atoms with van der Waals surface area (Å²) in [5, 5.41) is 59.2. The first-order chi connectivity index (χ1) is 41.8. The highest BCUT2D eigenvalue weighted by atomic mass is 28.4. The highest BCUT2D eigenvalue weighted by Gasteiger charge is 2.37. The average Bonchev–Trinajstić information content (AvgIpc) is 1.23. The average molecular weight is 1540 g/mol. The van der Waals surface area contributed by atoms with E-state index in [1.54, 1.807) is 0 Å². The normalized spacial score (nSPS) is 14.3. The van der Waals surface area contributed by atoms with Gasteiger partial charge in [0.05, 0.1) is 95.5 Å². The van der Waals surface area contributed by atoms with Crippen LogP contribution in [0.3, 0.4) is 0 Å². The molecule has 0 rings (SSSR count). The van der Waals surface area contributed by atoms with E-state index < -0.39 is 116 Å². The maximum absolute atomic E-state index is 9.87. The lowest BCUT2D eigenvalue weighted by Crippen LogP contribution is -2.42. The fourth-order valence-corrected chi connectivity index (χ4v) is 59.6. The summed E-state index contributed by atoms with van der Waals surface area (Å²) in [5.74, 6) is 0. The lowest BCUT2D eigenvalue weighted by Gasteiger charge is -2.32. The summed E-state index contributed by atoms with van der Waals surface area (Å²) in [5.41, 5.74) is -2.24. The van der Waals surface area contributed by atoms with Crippen LogP contribution in [0, 0.1) is 16.2 Å². The number of hydrogen-bond acceptors (Lipinski definition) is 18. The van der Waals surface area contributed by atoms with Crippen molar-refractivity contribution in [2.75, 3.05) is 119 Å². The molecule has 0 amide bonds. The van der Waals surface area contributed by atoms with Gasteiger partial charge < -0.3 is 83.8 Å². The van der Waals surface area contributed by atoms with E-state index in [0.717, 1.165) is 74.8 Å². The second-order valence-corrected chi connectivity index (χ2v) is 90.6. The number of aliphatic hydroxyl groups is 6. The lowest BCUT2D eigenvalue weighted by molar-refractivity contribution is -0.0769. The summed E-state index contributed by atoms with van der Waals surface area (Å²) in [4.78, 5) is 0. The Morgan fingerprint density at radius 2 is 0.301 bits per heavy atom. The molecule has 0 aromatic heterocycles. The molecular formula is C63H156O18Si12. The van der Waals surface area contributed by atoms with Gasteiger partial charge >= 0.3 is 0 Å². The van der Waals surface area contributed by atoms with Gasteiger partial charge in [-0.05, 0) is 271 Å². The van der Waals surface area contributed by atoms with E-state index in [0.29, 0.717) is 79.3 Å². The van der Waals surface area contributed by atoms with Crippen LogP contribution in [0.1, 0.15) is 38.5 Å². The van der Waals surface area contributed by atoms with Gasteiger partial charge in [0, 0.05) is 39.6 Å². The smallest absolute Gasteiger partial charge is 0.173 e. The van der Waals surface area contributed by atoms with E-state index in [4.69, 9.17) is 53.1 Å². The van der Waals surface area contributed by atoms with Gasteiger partial charge in [-0.1, -0.05) is 0 Å². The number of aliphatic hydroxyl groups excluding tert-OH is 6. The zero-order valence-corrected chi connectivity index (χ0v) is 78.3. The van der Waals surface area contributed by atoms with Crippen LogP contribution < -0.4 is 0 Å². The molecule has 93 heavy (non-hydrogen) atoms. The van der Waals surface area contributed by atoms with E-state index in [9.17, 15) is 30.6 Å². The van der Waals surface area contributed by atoms with Crippen LogP contribution in [-0.2, 0) is 53.1 Å². The maximum atomic E-state index is 9.87. The van der Waals surface area contributed by atoms with Crippen molar-refractivity contribution in [2.24, 2.45) is 16.2 Å². The molecule has 0 aromatic rings. The Kier molecular flexibility index (Phi) is 48.1. The first-order valence-corrected chi connectivity index (χ1v) is 74.3. The van der Waals surface area contributed by atoms with Crippen LogP contribution >= 0.6 is 0 Å². The molecule has 0 saturated heterocycles. The van der Waals surface area contributed by atoms with E-state index in [-0.39, 0.29) is 39.6 Å². The predicted octanol–water partition coefficient (Wildman–Crippen LogP) is 14.7. The first kappa shape index (κ1) is 99.1. The third-order valence-corrected chi connectivity index (χ3v) is 51.7. The van der Waals surface area contributed by atoms with Crippen molar-refractivity contribution >= 4 is 99.8 Å². The molecule has 0 fully saturated rings. The molecule has 0 aliphatic heterocycles. The van der Waals surface area contributed by atoms with Crippen molar-refractivity contribution in [3.05, 3.63) is 0 Å². The second-order valence-electron chi connectivity index (χ2n) is 36.2. The van der Waals surface area contributed by atoms with Gasteiger partial charge in [0.25, 0.3) is 0 Å². The Bertz CT molecular complexity index is 1540. The molecule has 0 aromatic carbocycles. The van der Waals surface area contributed by atoms with Gasteiger partial charge in [-0.25, -0.2) is 0 Å². The fraction of sp³-hybridized carbons (Fsp3) is 1.00. The molecule has 0 bridgehead atoms. The van der Waals surface area contributed by atoms with Crippen LogP contribution in [0.4, 0.5) is 0 Å². The van der Waals surface area contributed by atoms with Gasteiger partial charge in [-0.15, -0.1) is 0 Å². The Labute approximate surface area is 586 Å². The van der Waals surface area contributed by atoms with Crippen LogP contribution in [-0.4, -0.2) is 249 Å². The van der Waals surface area contributed by atoms with Gasteiger partial charge in [-0.2, -0.15) is 0 Å². The molecule has 18 nitrogen and oxygen atoms in total. The molecule has 0 aliphatic rings. The lowest BCUT2D eigenvalue weighted by atomic mass is 9.92. The molecule has 0 spiro atoms. The van der Waals surface area contributed by atoms with Crippen molar-refractivity contribution in [1.82, 2.24) is 0 Å². The molecule has 0 aliphatic carbocycles. The molecule has 0 unspecified atom stereocenters. The highest BCUT2D eigenvalue weighted by molar-refractivity contribution is 6.87. The summed E-state index contributed by atoms with van der Waals surface area (Å²) < 4.78 is 73.2. The van der Waals surface area contributed by atoms with Crippen LogP contribution in [0.2, 0.25) is 233 Å². The third kappa shape index (κ3) is 59.0. The van der Waals surface area contributed by atoms with Crippen molar-refractivity contribution in [3.8, 4) is 0 Å². The van der Waals surface area contributed by atoms with Crippen molar-refractivity contribution in [2.45, 2.75) is 271 Å². The minimum Gasteiger partial charge on any atom is -0.456 e.